The van der Waals surface area contributed by atoms with Gasteiger partial charge in [0.1, 0.15) is 0 Å². The second-order valence-corrected chi connectivity index (χ2v) is 4.87. The number of hydrogen-bond acceptors (Lipinski definition) is 3. The maximum absolute atomic E-state index is 11.7. The molecule has 0 saturated heterocycles. The fourth-order valence-electron chi connectivity index (χ4n) is 1.41. The molecular formula is C11H18N2OS. The maximum Gasteiger partial charge on any atom is 0.254 e. The van der Waals surface area contributed by atoms with Gasteiger partial charge in [-0.2, -0.15) is 0 Å². The Hall–Kier alpha value is -0.770. The van der Waals surface area contributed by atoms with Gasteiger partial charge in [-0.05, 0) is 31.9 Å². The minimum Gasteiger partial charge on any atom is -0.301 e. The molecule has 0 fully saturated rings. The summed E-state index contributed by atoms with van der Waals surface area (Å²) in [5.74, 6) is 0.615. The van der Waals surface area contributed by atoms with Gasteiger partial charge in [-0.3, -0.25) is 4.79 Å². The number of aryl methyl sites for hydroxylation is 1. The topological polar surface area (TPSA) is 45.8 Å². The molecule has 1 rings (SSSR count). The van der Waals surface area contributed by atoms with Crippen LogP contribution in [0.1, 0.15) is 31.5 Å². The molecule has 0 unspecified atom stereocenters. The van der Waals surface area contributed by atoms with Crippen LogP contribution >= 0.6 is 11.8 Å². The summed E-state index contributed by atoms with van der Waals surface area (Å²) in [6.45, 7) is 6.23. The molecule has 15 heavy (non-hydrogen) atoms. The maximum atomic E-state index is 11.7. The highest BCUT2D eigenvalue weighted by Crippen LogP contribution is 2.11. The lowest BCUT2D eigenvalue weighted by Gasteiger charge is -2.07. The smallest absolute Gasteiger partial charge is 0.254 e. The molecule has 84 valence electrons. The van der Waals surface area contributed by atoms with Crippen molar-refractivity contribution in [2.75, 3.05) is 6.26 Å². The van der Waals surface area contributed by atoms with Crippen LogP contribution in [0.5, 0.6) is 0 Å². The summed E-state index contributed by atoms with van der Waals surface area (Å²) in [6, 6.07) is 0. The minimum absolute atomic E-state index is 0.0208. The number of aromatic amines is 1. The Labute approximate surface area is 94.7 Å². The number of nitrogens with zero attached hydrogens (tertiary/aromatic N) is 1. The molecule has 0 spiro atoms. The highest BCUT2D eigenvalue weighted by molar-refractivity contribution is 7.98. The third kappa shape index (κ3) is 3.38. The van der Waals surface area contributed by atoms with Gasteiger partial charge < -0.3 is 4.98 Å². The Bertz CT molecular complexity index is 385. The Morgan fingerprint density at radius 3 is 2.60 bits per heavy atom. The molecular weight excluding hydrogens is 208 g/mol. The van der Waals surface area contributed by atoms with E-state index in [0.29, 0.717) is 11.1 Å². The summed E-state index contributed by atoms with van der Waals surface area (Å²) in [4.78, 5) is 18.8. The number of rotatable bonds is 4. The normalized spacial score (nSPS) is 11.0. The second kappa shape index (κ2) is 5.35. The van der Waals surface area contributed by atoms with E-state index < -0.39 is 0 Å². The van der Waals surface area contributed by atoms with Crippen molar-refractivity contribution in [2.24, 2.45) is 5.92 Å². The van der Waals surface area contributed by atoms with E-state index in [9.17, 15) is 4.79 Å². The largest absolute Gasteiger partial charge is 0.301 e. The van der Waals surface area contributed by atoms with E-state index >= 15 is 0 Å². The molecule has 1 aromatic rings. The van der Waals surface area contributed by atoms with Gasteiger partial charge in [-0.15, -0.1) is 0 Å². The zero-order chi connectivity index (χ0) is 11.4. The number of thioether (sulfide) groups is 1. The van der Waals surface area contributed by atoms with E-state index in [4.69, 9.17) is 0 Å². The molecule has 0 bridgehead atoms. The Balaban J connectivity index is 2.93. The van der Waals surface area contributed by atoms with Crippen LogP contribution in [0.3, 0.4) is 0 Å². The molecule has 0 aliphatic rings. The molecule has 0 aliphatic heterocycles. The number of nitrogens with one attached hydrogen (secondary N) is 1. The molecule has 0 amide bonds. The van der Waals surface area contributed by atoms with E-state index in [1.807, 2.05) is 13.2 Å². The standard InChI is InChI=1S/C11H18N2OS/c1-7(2)5-6-9-8(3)12-11(15-4)13-10(9)14/h7H,5-6H2,1-4H3,(H,12,13,14). The first kappa shape index (κ1) is 12.3. The Morgan fingerprint density at radius 2 is 2.13 bits per heavy atom. The quantitative estimate of drug-likeness (QED) is 0.633. The zero-order valence-electron chi connectivity index (χ0n) is 9.76. The third-order valence-corrected chi connectivity index (χ3v) is 2.95. The predicted octanol–water partition coefficient (Wildman–Crippen LogP) is 2.39. The van der Waals surface area contributed by atoms with Crippen LogP contribution in [0, 0.1) is 12.8 Å². The summed E-state index contributed by atoms with van der Waals surface area (Å²) in [5, 5.41) is 0.700. The van der Waals surface area contributed by atoms with E-state index in [2.05, 4.69) is 23.8 Å². The van der Waals surface area contributed by atoms with Crippen molar-refractivity contribution in [3.8, 4) is 0 Å². The zero-order valence-corrected chi connectivity index (χ0v) is 10.6. The minimum atomic E-state index is 0.0208. The molecule has 3 nitrogen and oxygen atoms in total. The predicted molar refractivity (Wildman–Crippen MR) is 64.5 cm³/mol. The average Bonchev–Trinajstić information content (AvgIpc) is 2.15. The lowest BCUT2D eigenvalue weighted by molar-refractivity contribution is 0.580. The van der Waals surface area contributed by atoms with Gasteiger partial charge in [-0.1, -0.05) is 25.6 Å². The number of hydrogen-bond donors (Lipinski definition) is 1. The van der Waals surface area contributed by atoms with Gasteiger partial charge in [-0.25, -0.2) is 4.98 Å². The Morgan fingerprint density at radius 1 is 1.47 bits per heavy atom. The van der Waals surface area contributed by atoms with Crippen molar-refractivity contribution in [3.05, 3.63) is 21.6 Å². The fraction of sp³-hybridized carbons (Fsp3) is 0.636. The van der Waals surface area contributed by atoms with Gasteiger partial charge in [0.15, 0.2) is 5.16 Å². The summed E-state index contributed by atoms with van der Waals surface area (Å²) in [7, 11) is 0. The third-order valence-electron chi connectivity index (χ3n) is 2.37. The summed E-state index contributed by atoms with van der Waals surface area (Å²) in [5.41, 5.74) is 1.72. The van der Waals surface area contributed by atoms with E-state index in [1.165, 1.54) is 11.8 Å². The van der Waals surface area contributed by atoms with Gasteiger partial charge in [0.2, 0.25) is 0 Å². The van der Waals surface area contributed by atoms with Crippen molar-refractivity contribution in [3.63, 3.8) is 0 Å². The van der Waals surface area contributed by atoms with E-state index in [0.717, 1.165) is 24.1 Å². The van der Waals surface area contributed by atoms with Crippen molar-refractivity contribution in [1.29, 1.82) is 0 Å². The first-order valence-corrected chi connectivity index (χ1v) is 6.40. The number of aromatic nitrogens is 2. The van der Waals surface area contributed by atoms with Crippen LogP contribution in [0.2, 0.25) is 0 Å². The first-order valence-electron chi connectivity index (χ1n) is 5.18. The highest BCUT2D eigenvalue weighted by Gasteiger charge is 2.08. The first-order chi connectivity index (χ1) is 7.04. The molecule has 1 N–H and O–H groups in total. The van der Waals surface area contributed by atoms with Crippen LogP contribution in [-0.2, 0) is 6.42 Å². The van der Waals surface area contributed by atoms with Crippen molar-refractivity contribution in [2.45, 2.75) is 38.8 Å². The molecule has 0 radical (unpaired) electrons. The number of H-pyrrole nitrogens is 1. The van der Waals surface area contributed by atoms with E-state index in [1.54, 1.807) is 0 Å². The molecule has 0 saturated carbocycles. The lowest BCUT2D eigenvalue weighted by atomic mass is 10.0. The van der Waals surface area contributed by atoms with Crippen LogP contribution in [0.15, 0.2) is 9.95 Å². The fourth-order valence-corrected chi connectivity index (χ4v) is 1.83. The van der Waals surface area contributed by atoms with Crippen molar-refractivity contribution in [1.82, 2.24) is 9.97 Å². The lowest BCUT2D eigenvalue weighted by Crippen LogP contribution is -2.17. The highest BCUT2D eigenvalue weighted by atomic mass is 32.2. The molecule has 0 atom stereocenters. The SMILES string of the molecule is CSc1nc(C)c(CCC(C)C)c(=O)[nH]1. The van der Waals surface area contributed by atoms with Gasteiger partial charge in [0.05, 0.1) is 0 Å². The van der Waals surface area contributed by atoms with Gasteiger partial charge in [0, 0.05) is 11.3 Å². The molecule has 1 aromatic heterocycles. The van der Waals surface area contributed by atoms with Crippen LogP contribution in [0.25, 0.3) is 0 Å². The van der Waals surface area contributed by atoms with Crippen LogP contribution < -0.4 is 5.56 Å². The summed E-state index contributed by atoms with van der Waals surface area (Å²) in [6.07, 6.45) is 3.76. The summed E-state index contributed by atoms with van der Waals surface area (Å²) < 4.78 is 0. The average molecular weight is 226 g/mol. The monoisotopic (exact) mass is 226 g/mol. The Kier molecular flexibility index (Phi) is 4.39. The van der Waals surface area contributed by atoms with Gasteiger partial charge >= 0.3 is 0 Å². The second-order valence-electron chi connectivity index (χ2n) is 4.07. The summed E-state index contributed by atoms with van der Waals surface area (Å²) >= 11 is 1.46. The molecule has 0 aromatic carbocycles. The van der Waals surface area contributed by atoms with Crippen LogP contribution in [0.4, 0.5) is 0 Å². The van der Waals surface area contributed by atoms with Crippen molar-refractivity contribution >= 4 is 11.8 Å². The van der Waals surface area contributed by atoms with Crippen LogP contribution in [-0.4, -0.2) is 16.2 Å². The molecule has 1 heterocycles. The van der Waals surface area contributed by atoms with Gasteiger partial charge in [0.25, 0.3) is 5.56 Å². The van der Waals surface area contributed by atoms with Crippen molar-refractivity contribution < 1.29 is 0 Å². The molecule has 0 aliphatic carbocycles. The van der Waals surface area contributed by atoms with E-state index in [-0.39, 0.29) is 5.56 Å². The molecule has 4 heteroatoms.